The molecule has 0 aromatic heterocycles. The highest BCUT2D eigenvalue weighted by Gasteiger charge is 2.22. The maximum Gasteiger partial charge on any atom is 0.190 e. The maximum atomic E-state index is 11.6. The molecule has 0 aromatic rings. The molecule has 0 heterocycles. The number of hydrogen-bond donors (Lipinski definition) is 0. The van der Waals surface area contributed by atoms with Gasteiger partial charge in [-0.2, -0.15) is 0 Å². The first-order chi connectivity index (χ1) is 9.34. The first kappa shape index (κ1) is 19.8. The van der Waals surface area contributed by atoms with E-state index in [9.17, 15) is 10.4 Å². The van der Waals surface area contributed by atoms with Crippen LogP contribution in [-0.2, 0) is 4.74 Å². The van der Waals surface area contributed by atoms with E-state index in [0.717, 1.165) is 0 Å². The summed E-state index contributed by atoms with van der Waals surface area (Å²) in [6, 6.07) is 0. The van der Waals surface area contributed by atoms with Crippen molar-refractivity contribution in [2.45, 2.75) is 78.7 Å². The van der Waals surface area contributed by atoms with Crippen molar-refractivity contribution in [1.29, 1.82) is 0 Å². The van der Waals surface area contributed by atoms with E-state index in [0.29, 0.717) is 9.72 Å². The molecule has 124 valence electrons. The van der Waals surface area contributed by atoms with Gasteiger partial charge in [-0.05, 0) is 24.1 Å². The van der Waals surface area contributed by atoms with Crippen LogP contribution in [0.15, 0.2) is 10.2 Å². The predicted octanol–water partition coefficient (Wildman–Crippen LogP) is 3.30. The highest BCUT2D eigenvalue weighted by Crippen LogP contribution is 2.09. The Morgan fingerprint density at radius 3 is 1.33 bits per heavy atom. The summed E-state index contributed by atoms with van der Waals surface area (Å²) in [6.45, 7) is 15.0. The largest absolute Gasteiger partial charge is 0.600 e. The maximum absolute atomic E-state index is 11.6. The van der Waals surface area contributed by atoms with E-state index in [2.05, 4.69) is 10.2 Å². The van der Waals surface area contributed by atoms with Crippen LogP contribution in [0.5, 0.6) is 0 Å². The van der Waals surface area contributed by atoms with Crippen LogP contribution < -0.4 is 0 Å². The second-order valence-electron chi connectivity index (χ2n) is 7.29. The Labute approximate surface area is 127 Å². The van der Waals surface area contributed by atoms with Gasteiger partial charge in [-0.15, -0.1) is 0 Å². The van der Waals surface area contributed by atoms with Gasteiger partial charge in [0.2, 0.25) is 0 Å². The van der Waals surface area contributed by atoms with Crippen molar-refractivity contribution in [2.24, 2.45) is 10.2 Å². The Bertz CT molecular complexity index is 345. The molecule has 0 aliphatic heterocycles. The first-order valence-corrected chi connectivity index (χ1v) is 7.29. The summed E-state index contributed by atoms with van der Waals surface area (Å²) in [5.74, 6) is 0. The Morgan fingerprint density at radius 1 is 0.810 bits per heavy atom. The number of nitrogens with zero attached hydrogens (tertiary/aromatic N) is 4. The standard InChI is InChI=1S/C14H30N4O3/c1-11(9-15-17(19)13(3,4)5)21-12(2)10-16-18(20)14(6,7)8/h11-12H,9-10H2,1-8H3. The minimum Gasteiger partial charge on any atom is -0.600 e. The van der Waals surface area contributed by atoms with Gasteiger partial charge < -0.3 is 15.2 Å². The lowest BCUT2D eigenvalue weighted by Gasteiger charge is -2.19. The Morgan fingerprint density at radius 2 is 1.10 bits per heavy atom. The normalized spacial score (nSPS) is 17.7. The summed E-state index contributed by atoms with van der Waals surface area (Å²) in [6.07, 6.45) is -0.410. The van der Waals surface area contributed by atoms with Crippen LogP contribution >= 0.6 is 0 Å². The minimum atomic E-state index is -0.545. The fourth-order valence-electron chi connectivity index (χ4n) is 1.29. The number of rotatable bonds is 6. The van der Waals surface area contributed by atoms with Crippen LogP contribution in [0.1, 0.15) is 55.4 Å². The van der Waals surface area contributed by atoms with Crippen molar-refractivity contribution in [1.82, 2.24) is 0 Å². The topological polar surface area (TPSA) is 86.1 Å². The molecule has 0 bridgehead atoms. The molecule has 0 spiro atoms. The second kappa shape index (κ2) is 7.68. The van der Waals surface area contributed by atoms with Gasteiger partial charge in [0.1, 0.15) is 13.1 Å². The molecule has 0 aromatic carbocycles. The van der Waals surface area contributed by atoms with E-state index in [4.69, 9.17) is 4.74 Å². The summed E-state index contributed by atoms with van der Waals surface area (Å²) >= 11 is 0. The third-order valence-corrected chi connectivity index (χ3v) is 2.55. The molecule has 0 saturated carbocycles. The molecule has 0 fully saturated rings. The lowest BCUT2D eigenvalue weighted by Crippen LogP contribution is -2.30. The Hall–Kier alpha value is -1.24. The quantitative estimate of drug-likeness (QED) is 0.428. The molecule has 0 N–H and O–H groups in total. The van der Waals surface area contributed by atoms with E-state index in [1.54, 1.807) is 41.5 Å². The molecule has 0 radical (unpaired) electrons. The van der Waals surface area contributed by atoms with Gasteiger partial charge >= 0.3 is 0 Å². The van der Waals surface area contributed by atoms with Crippen molar-refractivity contribution in [3.63, 3.8) is 0 Å². The average molecular weight is 302 g/mol. The lowest BCUT2D eigenvalue weighted by atomic mass is 10.1. The zero-order chi connectivity index (χ0) is 16.8. The molecule has 2 atom stereocenters. The summed E-state index contributed by atoms with van der Waals surface area (Å²) in [5, 5.41) is 31.1. The van der Waals surface area contributed by atoms with Crippen LogP contribution in [0.3, 0.4) is 0 Å². The molecule has 0 saturated heterocycles. The molecule has 0 aliphatic carbocycles. The summed E-state index contributed by atoms with van der Waals surface area (Å²) in [7, 11) is 0. The summed E-state index contributed by atoms with van der Waals surface area (Å²) < 4.78 is 5.66. The molecule has 7 nitrogen and oxygen atoms in total. The molecule has 21 heavy (non-hydrogen) atoms. The SMILES string of the molecule is CC(CN=[N+]([O-])C(C)(C)C)OC(C)CN=[N+]([O-])C(C)(C)C. The summed E-state index contributed by atoms with van der Waals surface area (Å²) in [5.41, 5.74) is -1.09. The van der Waals surface area contributed by atoms with Crippen LogP contribution in [0.25, 0.3) is 0 Å². The van der Waals surface area contributed by atoms with Crippen molar-refractivity contribution >= 4 is 0 Å². The molecule has 7 heteroatoms. The zero-order valence-electron chi connectivity index (χ0n) is 14.6. The minimum absolute atomic E-state index is 0.205. The van der Waals surface area contributed by atoms with Crippen molar-refractivity contribution in [2.75, 3.05) is 13.1 Å². The van der Waals surface area contributed by atoms with Gasteiger partial charge in [0.25, 0.3) is 0 Å². The van der Waals surface area contributed by atoms with Crippen LogP contribution in [0.4, 0.5) is 0 Å². The number of azo groups is 2. The van der Waals surface area contributed by atoms with E-state index in [-0.39, 0.29) is 25.3 Å². The first-order valence-electron chi connectivity index (χ1n) is 7.29. The molecular formula is C14H30N4O3. The van der Waals surface area contributed by atoms with Crippen LogP contribution in [0.2, 0.25) is 0 Å². The molecule has 0 amide bonds. The third kappa shape index (κ3) is 8.60. The predicted molar refractivity (Wildman–Crippen MR) is 81.4 cm³/mol. The molecule has 0 rings (SSSR count). The number of hydroxylamine groups is 2. The van der Waals surface area contributed by atoms with Crippen LogP contribution in [-0.4, -0.2) is 46.1 Å². The van der Waals surface area contributed by atoms with Gasteiger partial charge in [-0.25, -0.2) is 0 Å². The van der Waals surface area contributed by atoms with Gasteiger partial charge in [-0.1, -0.05) is 9.72 Å². The van der Waals surface area contributed by atoms with E-state index >= 15 is 0 Å². The number of hydrogen-bond acceptors (Lipinski definition) is 5. The average Bonchev–Trinajstić information content (AvgIpc) is 2.30. The zero-order valence-corrected chi connectivity index (χ0v) is 14.6. The van der Waals surface area contributed by atoms with Gasteiger partial charge in [0, 0.05) is 41.5 Å². The molecule has 2 unspecified atom stereocenters. The highest BCUT2D eigenvalue weighted by atomic mass is 16.5. The van der Waals surface area contributed by atoms with Crippen molar-refractivity contribution in [3.8, 4) is 0 Å². The fourth-order valence-corrected chi connectivity index (χ4v) is 1.29. The Balaban J connectivity index is 4.32. The molecule has 0 aliphatic rings. The fraction of sp³-hybridized carbons (Fsp3) is 1.00. The van der Waals surface area contributed by atoms with Gasteiger partial charge in [-0.3, -0.25) is 0 Å². The van der Waals surface area contributed by atoms with Crippen LogP contribution in [0, 0.1) is 10.4 Å². The van der Waals surface area contributed by atoms with Gasteiger partial charge in [0.15, 0.2) is 11.1 Å². The smallest absolute Gasteiger partial charge is 0.190 e. The highest BCUT2D eigenvalue weighted by molar-refractivity contribution is 4.60. The number of ether oxygens (including phenoxy) is 1. The van der Waals surface area contributed by atoms with E-state index in [1.165, 1.54) is 0 Å². The van der Waals surface area contributed by atoms with E-state index < -0.39 is 11.1 Å². The molecular weight excluding hydrogens is 272 g/mol. The monoisotopic (exact) mass is 302 g/mol. The van der Waals surface area contributed by atoms with E-state index in [1.807, 2.05) is 13.8 Å². The second-order valence-corrected chi connectivity index (χ2v) is 7.29. The van der Waals surface area contributed by atoms with Crippen molar-refractivity contribution < 1.29 is 14.5 Å². The lowest BCUT2D eigenvalue weighted by molar-refractivity contribution is -0.600. The third-order valence-electron chi connectivity index (χ3n) is 2.55. The summed E-state index contributed by atoms with van der Waals surface area (Å²) in [4.78, 5) is 1.39. The Kier molecular flexibility index (Phi) is 7.23. The van der Waals surface area contributed by atoms with Crippen molar-refractivity contribution in [3.05, 3.63) is 10.4 Å². The van der Waals surface area contributed by atoms with Gasteiger partial charge in [0.05, 0.1) is 12.2 Å².